The van der Waals surface area contributed by atoms with Crippen LogP contribution in [0.1, 0.15) is 12.0 Å². The maximum Gasteiger partial charge on any atom is 0.245 e. The second kappa shape index (κ2) is 7.80. The van der Waals surface area contributed by atoms with E-state index in [0.29, 0.717) is 24.9 Å². The molecule has 21 heavy (non-hydrogen) atoms. The third-order valence-corrected chi connectivity index (χ3v) is 4.62. The van der Waals surface area contributed by atoms with E-state index in [0.717, 1.165) is 0 Å². The second-order valence-corrected chi connectivity index (χ2v) is 7.60. The molecule has 3 nitrogen and oxygen atoms in total. The Hall–Kier alpha value is -1.86. The van der Waals surface area contributed by atoms with Gasteiger partial charge in [-0.05, 0) is 30.3 Å². The fraction of sp³-hybridized carbons (Fsp3) is 0.235. The van der Waals surface area contributed by atoms with E-state index in [4.69, 9.17) is 4.52 Å². The quantitative estimate of drug-likeness (QED) is 0.552. The summed E-state index contributed by atoms with van der Waals surface area (Å²) in [5.41, 5.74) is 1.17. The molecular formula is C17H20NO2P. The maximum absolute atomic E-state index is 12.3. The maximum atomic E-state index is 12.3. The first-order chi connectivity index (χ1) is 10.2. The van der Waals surface area contributed by atoms with Gasteiger partial charge in [-0.25, -0.2) is 0 Å². The lowest BCUT2D eigenvalue weighted by Crippen LogP contribution is -1.97. The van der Waals surface area contributed by atoms with Crippen LogP contribution in [0.25, 0.3) is 0 Å². The Balaban J connectivity index is 1.75. The molecule has 2 rings (SSSR count). The van der Waals surface area contributed by atoms with Crippen molar-refractivity contribution in [1.29, 1.82) is 0 Å². The van der Waals surface area contributed by atoms with Crippen molar-refractivity contribution in [3.05, 3.63) is 66.2 Å². The van der Waals surface area contributed by atoms with Crippen LogP contribution in [0.15, 0.2) is 65.7 Å². The summed E-state index contributed by atoms with van der Waals surface area (Å²) in [6.07, 6.45) is 2.99. The second-order valence-electron chi connectivity index (χ2n) is 4.94. The molecule has 0 saturated carbocycles. The zero-order valence-electron chi connectivity index (χ0n) is 12.2. The number of hydrogen-bond donors (Lipinski definition) is 0. The zero-order valence-corrected chi connectivity index (χ0v) is 13.1. The molecule has 0 amide bonds. The predicted molar refractivity (Wildman–Crippen MR) is 88.7 cm³/mol. The number of nitrogens with zero attached hydrogens (tertiary/aromatic N) is 1. The topological polar surface area (TPSA) is 38.7 Å². The molecule has 0 heterocycles. The molecule has 0 N–H and O–H groups in total. The van der Waals surface area contributed by atoms with Crippen LogP contribution in [0.5, 0.6) is 5.75 Å². The van der Waals surface area contributed by atoms with E-state index < -0.39 is 7.37 Å². The van der Waals surface area contributed by atoms with Crippen molar-refractivity contribution < 1.29 is 9.09 Å². The van der Waals surface area contributed by atoms with E-state index in [1.165, 1.54) is 5.56 Å². The lowest BCUT2D eigenvalue weighted by Gasteiger charge is -2.13. The minimum absolute atomic E-state index is 0.500. The van der Waals surface area contributed by atoms with Crippen LogP contribution in [0.3, 0.4) is 0 Å². The molecule has 0 spiro atoms. The van der Waals surface area contributed by atoms with Gasteiger partial charge in [0, 0.05) is 12.8 Å². The Bertz CT molecular complexity index is 611. The summed E-state index contributed by atoms with van der Waals surface area (Å²) in [5, 5.41) is 0. The van der Waals surface area contributed by atoms with E-state index in [1.54, 1.807) is 6.66 Å². The molecule has 0 saturated heterocycles. The number of para-hydroxylation sites is 1. The van der Waals surface area contributed by atoms with Crippen molar-refractivity contribution in [2.45, 2.75) is 13.0 Å². The molecule has 4 heteroatoms. The summed E-state index contributed by atoms with van der Waals surface area (Å²) >= 11 is 0. The highest BCUT2D eigenvalue weighted by atomic mass is 31.2. The zero-order chi connectivity index (χ0) is 15.0. The summed E-state index contributed by atoms with van der Waals surface area (Å²) in [4.78, 5) is 4.35. The fourth-order valence-corrected chi connectivity index (χ4v) is 3.13. The Morgan fingerprint density at radius 3 is 2.33 bits per heavy atom. The third-order valence-electron chi connectivity index (χ3n) is 2.95. The van der Waals surface area contributed by atoms with E-state index in [2.05, 4.69) is 4.99 Å². The fourth-order valence-electron chi connectivity index (χ4n) is 1.89. The van der Waals surface area contributed by atoms with Crippen LogP contribution in [-0.4, -0.2) is 19.0 Å². The van der Waals surface area contributed by atoms with Crippen molar-refractivity contribution in [2.75, 3.05) is 12.8 Å². The van der Waals surface area contributed by atoms with E-state index in [9.17, 15) is 4.57 Å². The van der Waals surface area contributed by atoms with Gasteiger partial charge in [0.05, 0.1) is 6.54 Å². The Kier molecular flexibility index (Phi) is 5.77. The normalized spacial score (nSPS) is 14.0. The average molecular weight is 301 g/mol. The van der Waals surface area contributed by atoms with Gasteiger partial charge < -0.3 is 4.52 Å². The summed E-state index contributed by atoms with van der Waals surface area (Å²) < 4.78 is 17.9. The Morgan fingerprint density at radius 1 is 1.05 bits per heavy atom. The molecule has 1 unspecified atom stereocenters. The van der Waals surface area contributed by atoms with Crippen molar-refractivity contribution in [2.24, 2.45) is 4.99 Å². The molecule has 0 radical (unpaired) electrons. The first-order valence-electron chi connectivity index (χ1n) is 6.99. The molecule has 2 aromatic carbocycles. The number of hydrogen-bond acceptors (Lipinski definition) is 3. The lowest BCUT2D eigenvalue weighted by atomic mass is 10.2. The molecule has 2 aromatic rings. The number of rotatable bonds is 7. The van der Waals surface area contributed by atoms with Gasteiger partial charge in [0.2, 0.25) is 7.37 Å². The summed E-state index contributed by atoms with van der Waals surface area (Å²) in [6.45, 7) is 2.33. The molecular weight excluding hydrogens is 281 g/mol. The van der Waals surface area contributed by atoms with Gasteiger partial charge in [0.1, 0.15) is 5.75 Å². The predicted octanol–water partition coefficient (Wildman–Crippen LogP) is 4.63. The largest absolute Gasteiger partial charge is 0.443 e. The van der Waals surface area contributed by atoms with Crippen LogP contribution in [0.4, 0.5) is 0 Å². The van der Waals surface area contributed by atoms with Gasteiger partial charge in [0.25, 0.3) is 0 Å². The summed E-state index contributed by atoms with van der Waals surface area (Å²) in [7, 11) is -2.62. The minimum atomic E-state index is -2.62. The van der Waals surface area contributed by atoms with Crippen LogP contribution in [0.2, 0.25) is 0 Å². The number of benzene rings is 2. The molecule has 0 aliphatic rings. The SMILES string of the molecule is CP(=O)(CCC=NCc1ccccc1)Oc1ccccc1. The first-order valence-corrected chi connectivity index (χ1v) is 9.25. The van der Waals surface area contributed by atoms with Crippen LogP contribution in [-0.2, 0) is 11.1 Å². The highest BCUT2D eigenvalue weighted by Crippen LogP contribution is 2.43. The first kappa shape index (κ1) is 15.5. The Labute approximate surface area is 126 Å². The highest BCUT2D eigenvalue weighted by Gasteiger charge is 2.16. The van der Waals surface area contributed by atoms with E-state index >= 15 is 0 Å². The van der Waals surface area contributed by atoms with Gasteiger partial charge in [-0.3, -0.25) is 9.56 Å². The van der Waals surface area contributed by atoms with E-state index in [1.807, 2.05) is 66.9 Å². The Morgan fingerprint density at radius 2 is 1.67 bits per heavy atom. The highest BCUT2D eigenvalue weighted by molar-refractivity contribution is 7.58. The van der Waals surface area contributed by atoms with Gasteiger partial charge >= 0.3 is 0 Å². The summed E-state index contributed by atoms with van der Waals surface area (Å²) in [6, 6.07) is 19.4. The molecule has 0 bridgehead atoms. The molecule has 0 aliphatic carbocycles. The van der Waals surface area contributed by atoms with Gasteiger partial charge in [-0.1, -0.05) is 48.5 Å². The standard InChI is InChI=1S/C17H20NO2P/c1-21(19,20-17-11-6-3-7-12-17)14-8-13-18-15-16-9-4-2-5-10-16/h2-7,9-13H,8,14-15H2,1H3. The molecule has 110 valence electrons. The van der Waals surface area contributed by atoms with Crippen LogP contribution < -0.4 is 4.52 Å². The van der Waals surface area contributed by atoms with Gasteiger partial charge in [-0.2, -0.15) is 0 Å². The number of aliphatic imine (C=N–C) groups is 1. The molecule has 0 fully saturated rings. The minimum Gasteiger partial charge on any atom is -0.443 e. The molecule has 1 atom stereocenters. The van der Waals surface area contributed by atoms with Crippen molar-refractivity contribution >= 4 is 13.6 Å². The van der Waals surface area contributed by atoms with Crippen LogP contribution >= 0.6 is 7.37 Å². The van der Waals surface area contributed by atoms with Crippen molar-refractivity contribution in [3.63, 3.8) is 0 Å². The molecule has 0 aliphatic heterocycles. The van der Waals surface area contributed by atoms with Crippen LogP contribution in [0, 0.1) is 0 Å². The van der Waals surface area contributed by atoms with Crippen molar-refractivity contribution in [3.8, 4) is 5.75 Å². The third kappa shape index (κ3) is 5.97. The van der Waals surface area contributed by atoms with Gasteiger partial charge in [0.15, 0.2) is 0 Å². The van der Waals surface area contributed by atoms with E-state index in [-0.39, 0.29) is 0 Å². The smallest absolute Gasteiger partial charge is 0.245 e. The monoisotopic (exact) mass is 301 g/mol. The van der Waals surface area contributed by atoms with Gasteiger partial charge in [-0.15, -0.1) is 0 Å². The summed E-state index contributed by atoms with van der Waals surface area (Å²) in [5.74, 6) is 0.657. The lowest BCUT2D eigenvalue weighted by molar-refractivity contribution is 0.488. The average Bonchev–Trinajstić information content (AvgIpc) is 2.48. The van der Waals surface area contributed by atoms with Crippen molar-refractivity contribution in [1.82, 2.24) is 0 Å². The molecule has 0 aromatic heterocycles.